The molecule has 26 heavy (non-hydrogen) atoms. The van der Waals surface area contributed by atoms with Crippen LogP contribution in [0, 0.1) is 0 Å². The number of fused-ring (bicyclic) bond motifs is 1. The number of aromatic nitrogens is 3. The molecule has 0 aliphatic carbocycles. The van der Waals surface area contributed by atoms with Gasteiger partial charge in [-0.1, -0.05) is 24.3 Å². The van der Waals surface area contributed by atoms with Crippen molar-refractivity contribution in [3.8, 4) is 0 Å². The monoisotopic (exact) mass is 464 g/mol. The molecule has 2 N–H and O–H groups in total. The molecule has 0 amide bonds. The summed E-state index contributed by atoms with van der Waals surface area (Å²) in [5, 5.41) is 12.0. The third kappa shape index (κ3) is 5.69. The van der Waals surface area contributed by atoms with Gasteiger partial charge in [-0.3, -0.25) is 9.67 Å². The Labute approximate surface area is 171 Å². The number of pyridine rings is 1. The molecule has 2 heterocycles. The van der Waals surface area contributed by atoms with Gasteiger partial charge in [0, 0.05) is 43.6 Å². The van der Waals surface area contributed by atoms with Crippen LogP contribution < -0.4 is 10.6 Å². The van der Waals surface area contributed by atoms with Gasteiger partial charge in [0.2, 0.25) is 0 Å². The number of benzene rings is 1. The minimum absolute atomic E-state index is 0. The molecule has 0 saturated carbocycles. The lowest BCUT2D eigenvalue weighted by Gasteiger charge is -2.11. The van der Waals surface area contributed by atoms with Gasteiger partial charge >= 0.3 is 0 Å². The zero-order valence-corrected chi connectivity index (χ0v) is 17.3. The van der Waals surface area contributed by atoms with Crippen LogP contribution in [-0.2, 0) is 13.1 Å². The average molecular weight is 464 g/mol. The number of hydrogen-bond donors (Lipinski definition) is 2. The summed E-state index contributed by atoms with van der Waals surface area (Å²) in [5.74, 6) is 0.830. The fourth-order valence-electron chi connectivity index (χ4n) is 2.68. The second-order valence-electron chi connectivity index (χ2n) is 5.74. The van der Waals surface area contributed by atoms with Gasteiger partial charge in [-0.05, 0) is 31.0 Å². The molecule has 3 aromatic rings. The largest absolute Gasteiger partial charge is 0.357 e. The summed E-state index contributed by atoms with van der Waals surface area (Å²) in [6.45, 7) is 5.24. The van der Waals surface area contributed by atoms with Gasteiger partial charge in [0.1, 0.15) is 0 Å². The third-order valence-electron chi connectivity index (χ3n) is 3.88. The van der Waals surface area contributed by atoms with E-state index in [1.807, 2.05) is 29.2 Å². The van der Waals surface area contributed by atoms with Gasteiger partial charge < -0.3 is 10.6 Å². The van der Waals surface area contributed by atoms with Crippen molar-refractivity contribution in [1.29, 1.82) is 0 Å². The highest BCUT2D eigenvalue weighted by atomic mass is 127. The Kier molecular flexibility index (Phi) is 8.33. The first kappa shape index (κ1) is 20.2. The molecule has 2 aromatic heterocycles. The molecule has 0 saturated heterocycles. The second kappa shape index (κ2) is 10.7. The molecule has 0 spiro atoms. The molecule has 3 rings (SSSR count). The Morgan fingerprint density at radius 1 is 1.12 bits per heavy atom. The normalized spacial score (nSPS) is 11.2. The lowest BCUT2D eigenvalue weighted by molar-refractivity contribution is 0.570. The van der Waals surface area contributed by atoms with Crippen molar-refractivity contribution in [2.75, 3.05) is 13.1 Å². The van der Waals surface area contributed by atoms with E-state index in [-0.39, 0.29) is 24.0 Å². The van der Waals surface area contributed by atoms with Crippen molar-refractivity contribution in [1.82, 2.24) is 25.4 Å². The molecule has 0 radical (unpaired) electrons. The molecular weight excluding hydrogens is 439 g/mol. The predicted molar refractivity (Wildman–Crippen MR) is 117 cm³/mol. The number of halogens is 1. The number of hydrogen-bond acceptors (Lipinski definition) is 3. The van der Waals surface area contributed by atoms with Gasteiger partial charge in [0.15, 0.2) is 5.96 Å². The first-order valence-electron chi connectivity index (χ1n) is 8.69. The molecule has 0 bridgehead atoms. The van der Waals surface area contributed by atoms with Crippen LogP contribution in [0.3, 0.4) is 0 Å². The van der Waals surface area contributed by atoms with Crippen molar-refractivity contribution in [3.05, 3.63) is 60.6 Å². The summed E-state index contributed by atoms with van der Waals surface area (Å²) < 4.78 is 1.94. The second-order valence-corrected chi connectivity index (χ2v) is 5.74. The summed E-state index contributed by atoms with van der Waals surface area (Å²) in [6, 6.07) is 12.2. The molecule has 138 valence electrons. The van der Waals surface area contributed by atoms with Crippen LogP contribution in [0.4, 0.5) is 0 Å². The molecule has 0 atom stereocenters. The van der Waals surface area contributed by atoms with E-state index in [0.29, 0.717) is 6.54 Å². The topological polar surface area (TPSA) is 67.1 Å². The van der Waals surface area contributed by atoms with E-state index in [9.17, 15) is 0 Å². The Balaban J connectivity index is 0.00000243. The Hall–Kier alpha value is -2.16. The van der Waals surface area contributed by atoms with Crippen LogP contribution in [0.15, 0.2) is 60.0 Å². The first-order chi connectivity index (χ1) is 12.4. The molecule has 0 aliphatic heterocycles. The third-order valence-corrected chi connectivity index (χ3v) is 3.88. The van der Waals surface area contributed by atoms with E-state index in [2.05, 4.69) is 51.9 Å². The van der Waals surface area contributed by atoms with Crippen molar-refractivity contribution in [2.45, 2.75) is 26.4 Å². The zero-order chi connectivity index (χ0) is 17.3. The fourth-order valence-corrected chi connectivity index (χ4v) is 2.68. The highest BCUT2D eigenvalue weighted by Gasteiger charge is 2.02. The number of aliphatic imine (C=N–C) groups is 1. The standard InChI is InChI=1S/C19H24N6.HI/c1-2-20-19(22-11-5-13-25-14-6-12-24-25)23-15-17-8-3-7-16-9-4-10-21-18(16)17;/h3-4,6-10,12,14H,2,5,11,13,15H2,1H3,(H2,20,22,23);1H. The maximum absolute atomic E-state index is 4.70. The van der Waals surface area contributed by atoms with Crippen LogP contribution in [-0.4, -0.2) is 33.8 Å². The number of guanidine groups is 1. The smallest absolute Gasteiger partial charge is 0.191 e. The van der Waals surface area contributed by atoms with E-state index in [1.54, 1.807) is 6.20 Å². The van der Waals surface area contributed by atoms with Crippen LogP contribution in [0.25, 0.3) is 10.9 Å². The molecule has 0 unspecified atom stereocenters. The molecule has 0 aliphatic rings. The van der Waals surface area contributed by atoms with Gasteiger partial charge in [-0.2, -0.15) is 5.10 Å². The van der Waals surface area contributed by atoms with Crippen LogP contribution in [0.1, 0.15) is 18.9 Å². The number of nitrogens with zero attached hydrogens (tertiary/aromatic N) is 4. The minimum Gasteiger partial charge on any atom is -0.357 e. The van der Waals surface area contributed by atoms with E-state index < -0.39 is 0 Å². The highest BCUT2D eigenvalue weighted by Crippen LogP contribution is 2.16. The summed E-state index contributed by atoms with van der Waals surface area (Å²) in [4.78, 5) is 9.19. The first-order valence-corrected chi connectivity index (χ1v) is 8.69. The Morgan fingerprint density at radius 3 is 2.81 bits per heavy atom. The number of aryl methyl sites for hydroxylation is 1. The van der Waals surface area contributed by atoms with Gasteiger partial charge in [-0.25, -0.2) is 4.99 Å². The lowest BCUT2D eigenvalue weighted by Crippen LogP contribution is -2.38. The van der Waals surface area contributed by atoms with Crippen molar-refractivity contribution < 1.29 is 0 Å². The fraction of sp³-hybridized carbons (Fsp3) is 0.316. The number of para-hydroxylation sites is 1. The van der Waals surface area contributed by atoms with Gasteiger partial charge in [0.25, 0.3) is 0 Å². The lowest BCUT2D eigenvalue weighted by atomic mass is 10.1. The number of nitrogens with one attached hydrogen (secondary N) is 2. The molecule has 7 heteroatoms. The van der Waals surface area contributed by atoms with Gasteiger partial charge in [-0.15, -0.1) is 24.0 Å². The summed E-state index contributed by atoms with van der Waals surface area (Å²) in [5.41, 5.74) is 2.15. The minimum atomic E-state index is 0. The SMILES string of the molecule is CCNC(=NCc1cccc2cccnc12)NCCCn1cccn1.I. The summed E-state index contributed by atoms with van der Waals surface area (Å²) in [6.07, 6.45) is 6.60. The molecule has 0 fully saturated rings. The average Bonchev–Trinajstić information content (AvgIpc) is 3.16. The summed E-state index contributed by atoms with van der Waals surface area (Å²) in [7, 11) is 0. The molecule has 6 nitrogen and oxygen atoms in total. The zero-order valence-electron chi connectivity index (χ0n) is 14.9. The Bertz CT molecular complexity index is 811. The van der Waals surface area contributed by atoms with E-state index in [4.69, 9.17) is 4.99 Å². The molecular formula is C19H25IN6. The summed E-state index contributed by atoms with van der Waals surface area (Å²) >= 11 is 0. The van der Waals surface area contributed by atoms with Crippen molar-refractivity contribution in [3.63, 3.8) is 0 Å². The highest BCUT2D eigenvalue weighted by molar-refractivity contribution is 14.0. The number of rotatable bonds is 7. The van der Waals surface area contributed by atoms with E-state index >= 15 is 0 Å². The van der Waals surface area contributed by atoms with E-state index in [0.717, 1.165) is 48.5 Å². The van der Waals surface area contributed by atoms with Crippen LogP contribution in [0.2, 0.25) is 0 Å². The Morgan fingerprint density at radius 2 is 2.00 bits per heavy atom. The maximum atomic E-state index is 4.70. The maximum Gasteiger partial charge on any atom is 0.191 e. The van der Waals surface area contributed by atoms with Gasteiger partial charge in [0.05, 0.1) is 12.1 Å². The van der Waals surface area contributed by atoms with Crippen LogP contribution >= 0.6 is 24.0 Å². The van der Waals surface area contributed by atoms with Crippen molar-refractivity contribution >= 4 is 40.8 Å². The quantitative estimate of drug-likeness (QED) is 0.244. The van der Waals surface area contributed by atoms with Crippen molar-refractivity contribution in [2.24, 2.45) is 4.99 Å². The predicted octanol–water partition coefficient (Wildman–Crippen LogP) is 3.19. The van der Waals surface area contributed by atoms with Crippen LogP contribution in [0.5, 0.6) is 0 Å². The molecule has 1 aromatic carbocycles. The van der Waals surface area contributed by atoms with E-state index in [1.165, 1.54) is 0 Å².